The summed E-state index contributed by atoms with van der Waals surface area (Å²) >= 11 is 0. The number of aromatic nitrogens is 1. The molecule has 0 saturated carbocycles. The first-order valence-corrected chi connectivity index (χ1v) is 5.34. The van der Waals surface area contributed by atoms with E-state index in [-0.39, 0.29) is 12.2 Å². The van der Waals surface area contributed by atoms with Crippen LogP contribution in [-0.4, -0.2) is 23.8 Å². The van der Waals surface area contributed by atoms with Gasteiger partial charge in [-0.15, -0.1) is 0 Å². The minimum atomic E-state index is -0.320. The molecule has 0 aliphatic carbocycles. The summed E-state index contributed by atoms with van der Waals surface area (Å²) in [4.78, 5) is 20.6. The monoisotopic (exact) mass is 222 g/mol. The van der Waals surface area contributed by atoms with E-state index in [1.165, 1.54) is 0 Å². The van der Waals surface area contributed by atoms with Gasteiger partial charge in [0.25, 0.3) is 5.91 Å². The molecule has 5 heteroatoms. The van der Waals surface area contributed by atoms with E-state index in [1.54, 1.807) is 24.5 Å². The molecule has 86 valence electrons. The molecule has 0 radical (unpaired) electrons. The third-order valence-corrected chi connectivity index (χ3v) is 2.36. The first kappa shape index (κ1) is 11.0. The number of ether oxygens (including phenoxy) is 1. The summed E-state index contributed by atoms with van der Waals surface area (Å²) in [6.45, 7) is 0.690. The summed E-state index contributed by atoms with van der Waals surface area (Å²) in [5.74, 6) is -0.281. The normalized spacial score (nSPS) is 20.4. The van der Waals surface area contributed by atoms with Crippen molar-refractivity contribution in [2.45, 2.75) is 25.6 Å². The van der Waals surface area contributed by atoms with Crippen molar-refractivity contribution < 1.29 is 14.4 Å². The molecule has 0 aromatic carbocycles. The largest absolute Gasteiger partial charge is 0.350 e. The highest BCUT2D eigenvalue weighted by atomic mass is 16.8. The number of carbonyl (C=O) groups is 1. The van der Waals surface area contributed by atoms with Gasteiger partial charge in [0.1, 0.15) is 0 Å². The van der Waals surface area contributed by atoms with Crippen LogP contribution in [0.4, 0.5) is 0 Å². The Hall–Kier alpha value is -1.46. The lowest BCUT2D eigenvalue weighted by molar-refractivity contribution is -0.186. The maximum absolute atomic E-state index is 11.6. The van der Waals surface area contributed by atoms with Crippen LogP contribution in [-0.2, 0) is 9.57 Å². The standard InChI is InChI=1S/C11H14N2O3/c14-11(9-4-6-12-7-5-9)13-16-10-3-1-2-8-15-10/h4-7,10H,1-3,8H2,(H,13,14)/t10-/m1/s1. The maximum Gasteiger partial charge on any atom is 0.275 e. The predicted octanol–water partition coefficient (Wildman–Crippen LogP) is 1.27. The highest BCUT2D eigenvalue weighted by Crippen LogP contribution is 2.12. The van der Waals surface area contributed by atoms with Gasteiger partial charge in [-0.3, -0.25) is 9.78 Å². The Morgan fingerprint density at radius 1 is 1.44 bits per heavy atom. The zero-order valence-corrected chi connectivity index (χ0v) is 8.89. The molecule has 1 saturated heterocycles. The van der Waals surface area contributed by atoms with E-state index in [0.717, 1.165) is 19.3 Å². The number of amides is 1. The fourth-order valence-corrected chi connectivity index (χ4v) is 1.49. The van der Waals surface area contributed by atoms with Crippen LogP contribution < -0.4 is 5.48 Å². The minimum absolute atomic E-state index is 0.281. The van der Waals surface area contributed by atoms with Crippen LogP contribution in [0.1, 0.15) is 29.6 Å². The van der Waals surface area contributed by atoms with Gasteiger partial charge in [-0.25, -0.2) is 10.3 Å². The fraction of sp³-hybridized carbons (Fsp3) is 0.455. The summed E-state index contributed by atoms with van der Waals surface area (Å²) in [6.07, 6.45) is 5.74. The number of carbonyl (C=O) groups excluding carboxylic acids is 1. The fourth-order valence-electron chi connectivity index (χ4n) is 1.49. The van der Waals surface area contributed by atoms with E-state index in [2.05, 4.69) is 10.5 Å². The summed E-state index contributed by atoms with van der Waals surface area (Å²) in [6, 6.07) is 3.25. The second kappa shape index (κ2) is 5.58. The van der Waals surface area contributed by atoms with Crippen molar-refractivity contribution in [1.29, 1.82) is 0 Å². The molecule has 1 aromatic heterocycles. The molecule has 1 atom stereocenters. The van der Waals surface area contributed by atoms with E-state index in [0.29, 0.717) is 12.2 Å². The van der Waals surface area contributed by atoms with E-state index >= 15 is 0 Å². The molecule has 1 fully saturated rings. The van der Waals surface area contributed by atoms with Crippen LogP contribution in [0, 0.1) is 0 Å². The quantitative estimate of drug-likeness (QED) is 0.782. The van der Waals surface area contributed by atoms with Gasteiger partial charge in [-0.05, 0) is 25.0 Å². The zero-order chi connectivity index (χ0) is 11.2. The number of nitrogens with zero attached hydrogens (tertiary/aromatic N) is 1. The third-order valence-electron chi connectivity index (χ3n) is 2.36. The van der Waals surface area contributed by atoms with Gasteiger partial charge >= 0.3 is 0 Å². The lowest BCUT2D eigenvalue weighted by Crippen LogP contribution is -2.33. The lowest BCUT2D eigenvalue weighted by Gasteiger charge is -2.22. The molecule has 1 aliphatic heterocycles. The average Bonchev–Trinajstić information content (AvgIpc) is 2.38. The van der Waals surface area contributed by atoms with Gasteiger partial charge in [0.2, 0.25) is 0 Å². The number of hydrogen-bond donors (Lipinski definition) is 1. The van der Waals surface area contributed by atoms with Gasteiger partial charge < -0.3 is 4.74 Å². The van der Waals surface area contributed by atoms with Gasteiger partial charge in [0.05, 0.1) is 0 Å². The first-order valence-electron chi connectivity index (χ1n) is 5.34. The van der Waals surface area contributed by atoms with Crippen LogP contribution in [0.2, 0.25) is 0 Å². The molecule has 1 amide bonds. The molecule has 2 heterocycles. The van der Waals surface area contributed by atoms with Crippen LogP contribution in [0.3, 0.4) is 0 Å². The van der Waals surface area contributed by atoms with Crippen molar-refractivity contribution in [3.63, 3.8) is 0 Å². The Labute approximate surface area is 93.7 Å². The summed E-state index contributed by atoms with van der Waals surface area (Å²) in [5, 5.41) is 0. The first-order chi connectivity index (χ1) is 7.86. The van der Waals surface area contributed by atoms with E-state index in [1.807, 2.05) is 0 Å². The number of hydroxylamine groups is 1. The average molecular weight is 222 g/mol. The second-order valence-electron chi connectivity index (χ2n) is 3.58. The number of nitrogens with one attached hydrogen (secondary N) is 1. The number of pyridine rings is 1. The second-order valence-corrected chi connectivity index (χ2v) is 3.58. The predicted molar refractivity (Wildman–Crippen MR) is 56.4 cm³/mol. The van der Waals surface area contributed by atoms with Gasteiger partial charge in [-0.1, -0.05) is 0 Å². The van der Waals surface area contributed by atoms with Gasteiger partial charge in [0.15, 0.2) is 6.29 Å². The van der Waals surface area contributed by atoms with Gasteiger partial charge in [0, 0.05) is 31.0 Å². The summed E-state index contributed by atoms with van der Waals surface area (Å²) in [7, 11) is 0. The molecule has 5 nitrogen and oxygen atoms in total. The van der Waals surface area contributed by atoms with Crippen molar-refractivity contribution in [1.82, 2.24) is 10.5 Å². The maximum atomic E-state index is 11.6. The summed E-state index contributed by atoms with van der Waals surface area (Å²) < 4.78 is 5.31. The molecule has 16 heavy (non-hydrogen) atoms. The van der Waals surface area contributed by atoms with E-state index in [4.69, 9.17) is 9.57 Å². The van der Waals surface area contributed by atoms with Crippen LogP contribution in [0.5, 0.6) is 0 Å². The van der Waals surface area contributed by atoms with E-state index in [9.17, 15) is 4.79 Å². The van der Waals surface area contributed by atoms with Crippen molar-refractivity contribution in [3.8, 4) is 0 Å². The van der Waals surface area contributed by atoms with Crippen LogP contribution in [0.15, 0.2) is 24.5 Å². The Balaban J connectivity index is 1.79. The minimum Gasteiger partial charge on any atom is -0.350 e. The van der Waals surface area contributed by atoms with Crippen molar-refractivity contribution >= 4 is 5.91 Å². The zero-order valence-electron chi connectivity index (χ0n) is 8.89. The number of hydrogen-bond acceptors (Lipinski definition) is 4. The SMILES string of the molecule is O=C(NO[C@@H]1CCCCO1)c1ccncc1. The molecular weight excluding hydrogens is 208 g/mol. The Kier molecular flexibility index (Phi) is 3.85. The molecule has 0 spiro atoms. The molecule has 0 bridgehead atoms. The van der Waals surface area contributed by atoms with E-state index < -0.39 is 0 Å². The summed E-state index contributed by atoms with van der Waals surface area (Å²) in [5.41, 5.74) is 2.90. The highest BCUT2D eigenvalue weighted by molar-refractivity contribution is 5.93. The van der Waals surface area contributed by atoms with Crippen molar-refractivity contribution in [2.75, 3.05) is 6.61 Å². The third kappa shape index (κ3) is 3.01. The highest BCUT2D eigenvalue weighted by Gasteiger charge is 2.15. The molecule has 0 unspecified atom stereocenters. The molecule has 1 aromatic rings. The lowest BCUT2D eigenvalue weighted by atomic mass is 10.2. The Bertz CT molecular complexity index is 336. The van der Waals surface area contributed by atoms with Gasteiger partial charge in [-0.2, -0.15) is 0 Å². The molecule has 2 rings (SSSR count). The topological polar surface area (TPSA) is 60.5 Å². The molecular formula is C11H14N2O3. The van der Waals surface area contributed by atoms with Crippen molar-refractivity contribution in [3.05, 3.63) is 30.1 Å². The molecule has 1 N–H and O–H groups in total. The Morgan fingerprint density at radius 2 is 2.25 bits per heavy atom. The number of rotatable bonds is 3. The van der Waals surface area contributed by atoms with Crippen LogP contribution >= 0.6 is 0 Å². The smallest absolute Gasteiger partial charge is 0.275 e. The van der Waals surface area contributed by atoms with Crippen LogP contribution in [0.25, 0.3) is 0 Å². The Morgan fingerprint density at radius 3 is 2.94 bits per heavy atom. The molecule has 1 aliphatic rings. The van der Waals surface area contributed by atoms with Crippen molar-refractivity contribution in [2.24, 2.45) is 0 Å².